The molecule has 0 saturated heterocycles. The molecule has 0 radical (unpaired) electrons. The molecule has 0 bridgehead atoms. The molecular formula is C13H16F3N5. The van der Waals surface area contributed by atoms with E-state index in [9.17, 15) is 13.2 Å². The second kappa shape index (κ2) is 4.57. The fourth-order valence-corrected chi connectivity index (χ4v) is 2.81. The molecule has 0 aliphatic heterocycles. The Labute approximate surface area is 119 Å². The summed E-state index contributed by atoms with van der Waals surface area (Å²) in [6, 6.07) is 3.35. The molecule has 1 atom stereocenters. The lowest BCUT2D eigenvalue weighted by Crippen LogP contribution is -2.19. The van der Waals surface area contributed by atoms with Crippen LogP contribution in [0.25, 0.3) is 5.65 Å². The number of nitrogens with zero attached hydrogens (tertiary/aromatic N) is 4. The van der Waals surface area contributed by atoms with Crippen LogP contribution >= 0.6 is 0 Å². The number of fused-ring (bicyclic) bond motifs is 1. The van der Waals surface area contributed by atoms with Gasteiger partial charge in [0.2, 0.25) is 0 Å². The van der Waals surface area contributed by atoms with Crippen LogP contribution in [0.5, 0.6) is 0 Å². The Kier molecular flexibility index (Phi) is 3.07. The highest BCUT2D eigenvalue weighted by atomic mass is 19.4. The molecule has 2 aromatic rings. The van der Waals surface area contributed by atoms with Gasteiger partial charge in [-0.05, 0) is 36.8 Å². The Morgan fingerprint density at radius 2 is 2.05 bits per heavy atom. The van der Waals surface area contributed by atoms with Crippen molar-refractivity contribution in [2.45, 2.75) is 45.3 Å². The predicted molar refractivity (Wildman–Crippen MR) is 70.8 cm³/mol. The SMILES string of the molecule is CC1(C)CCC(Nc2ccc3nnc(C(F)(F)F)n3n2)C1. The number of hydrogen-bond donors (Lipinski definition) is 1. The third-order valence-corrected chi connectivity index (χ3v) is 3.84. The number of alkyl halides is 3. The van der Waals surface area contributed by atoms with E-state index >= 15 is 0 Å². The van der Waals surface area contributed by atoms with Gasteiger partial charge in [-0.15, -0.1) is 15.3 Å². The molecule has 8 heteroatoms. The summed E-state index contributed by atoms with van der Waals surface area (Å²) in [6.45, 7) is 4.37. The summed E-state index contributed by atoms with van der Waals surface area (Å²) in [6.07, 6.45) is -1.52. The van der Waals surface area contributed by atoms with Gasteiger partial charge in [0.25, 0.3) is 5.82 Å². The molecule has 2 aromatic heterocycles. The van der Waals surface area contributed by atoms with Crippen LogP contribution in [0.15, 0.2) is 12.1 Å². The van der Waals surface area contributed by atoms with Crippen LogP contribution in [0.1, 0.15) is 38.9 Å². The molecule has 2 heterocycles. The fraction of sp³-hybridized carbons (Fsp3) is 0.615. The van der Waals surface area contributed by atoms with E-state index in [0.717, 1.165) is 23.8 Å². The molecule has 1 aliphatic rings. The molecule has 1 unspecified atom stereocenters. The van der Waals surface area contributed by atoms with Crippen LogP contribution in [0, 0.1) is 5.41 Å². The lowest BCUT2D eigenvalue weighted by atomic mass is 9.92. The summed E-state index contributed by atoms with van der Waals surface area (Å²) in [5, 5.41) is 13.8. The average molecular weight is 299 g/mol. The van der Waals surface area contributed by atoms with Crippen molar-refractivity contribution >= 4 is 11.5 Å². The van der Waals surface area contributed by atoms with Crippen LogP contribution < -0.4 is 5.32 Å². The zero-order valence-electron chi connectivity index (χ0n) is 11.8. The summed E-state index contributed by atoms with van der Waals surface area (Å²) >= 11 is 0. The van der Waals surface area contributed by atoms with Crippen LogP contribution in [0.4, 0.5) is 19.0 Å². The molecule has 3 rings (SSSR count). The maximum atomic E-state index is 12.8. The van der Waals surface area contributed by atoms with Gasteiger partial charge < -0.3 is 5.32 Å². The molecule has 1 saturated carbocycles. The van der Waals surface area contributed by atoms with Crippen molar-refractivity contribution in [2.24, 2.45) is 5.41 Å². The van der Waals surface area contributed by atoms with Gasteiger partial charge in [0.1, 0.15) is 5.82 Å². The zero-order chi connectivity index (χ0) is 15.3. The van der Waals surface area contributed by atoms with E-state index in [0.29, 0.717) is 5.82 Å². The smallest absolute Gasteiger partial charge is 0.366 e. The average Bonchev–Trinajstić information content (AvgIpc) is 2.91. The largest absolute Gasteiger partial charge is 0.453 e. The van der Waals surface area contributed by atoms with E-state index in [-0.39, 0.29) is 17.1 Å². The van der Waals surface area contributed by atoms with Gasteiger partial charge in [0.05, 0.1) is 0 Å². The number of nitrogens with one attached hydrogen (secondary N) is 1. The van der Waals surface area contributed by atoms with E-state index in [1.165, 1.54) is 6.07 Å². The molecule has 21 heavy (non-hydrogen) atoms. The summed E-state index contributed by atoms with van der Waals surface area (Å²) in [5.74, 6) is -0.691. The molecule has 0 aromatic carbocycles. The zero-order valence-corrected chi connectivity index (χ0v) is 11.8. The van der Waals surface area contributed by atoms with Gasteiger partial charge in [-0.2, -0.15) is 17.7 Å². The van der Waals surface area contributed by atoms with Crippen molar-refractivity contribution < 1.29 is 13.2 Å². The van der Waals surface area contributed by atoms with E-state index in [4.69, 9.17) is 0 Å². The minimum Gasteiger partial charge on any atom is -0.366 e. The van der Waals surface area contributed by atoms with E-state index < -0.39 is 12.0 Å². The first-order valence-corrected chi connectivity index (χ1v) is 6.81. The molecule has 5 nitrogen and oxygen atoms in total. The maximum Gasteiger partial charge on any atom is 0.453 e. The van der Waals surface area contributed by atoms with Gasteiger partial charge in [-0.25, -0.2) is 0 Å². The number of anilines is 1. The summed E-state index contributed by atoms with van der Waals surface area (Å²) in [5.41, 5.74) is 0.342. The lowest BCUT2D eigenvalue weighted by molar-refractivity contribution is -0.146. The number of rotatable bonds is 2. The topological polar surface area (TPSA) is 55.1 Å². The predicted octanol–water partition coefficient (Wildman–Crippen LogP) is 3.13. The molecule has 1 aliphatic carbocycles. The van der Waals surface area contributed by atoms with Crippen molar-refractivity contribution in [3.05, 3.63) is 18.0 Å². The van der Waals surface area contributed by atoms with Gasteiger partial charge >= 0.3 is 6.18 Å². The molecule has 0 amide bonds. The molecular weight excluding hydrogens is 283 g/mol. The lowest BCUT2D eigenvalue weighted by Gasteiger charge is -2.18. The van der Waals surface area contributed by atoms with Crippen molar-refractivity contribution in [3.63, 3.8) is 0 Å². The van der Waals surface area contributed by atoms with Gasteiger partial charge in [0.15, 0.2) is 5.65 Å². The van der Waals surface area contributed by atoms with Gasteiger partial charge in [-0.1, -0.05) is 13.8 Å². The second-order valence-electron chi connectivity index (χ2n) is 6.26. The van der Waals surface area contributed by atoms with Gasteiger partial charge in [-0.3, -0.25) is 0 Å². The highest BCUT2D eigenvalue weighted by Gasteiger charge is 2.38. The Morgan fingerprint density at radius 1 is 1.29 bits per heavy atom. The summed E-state index contributed by atoms with van der Waals surface area (Å²) in [4.78, 5) is 0. The van der Waals surface area contributed by atoms with Crippen LogP contribution in [0.2, 0.25) is 0 Å². The van der Waals surface area contributed by atoms with Crippen molar-refractivity contribution in [2.75, 3.05) is 5.32 Å². The van der Waals surface area contributed by atoms with E-state index in [1.807, 2.05) is 0 Å². The highest BCUT2D eigenvalue weighted by Crippen LogP contribution is 2.38. The van der Waals surface area contributed by atoms with Crippen molar-refractivity contribution in [3.8, 4) is 0 Å². The second-order valence-corrected chi connectivity index (χ2v) is 6.26. The quantitative estimate of drug-likeness (QED) is 0.925. The maximum absolute atomic E-state index is 12.8. The minimum atomic E-state index is -4.57. The Balaban J connectivity index is 1.87. The standard InChI is InChI=1S/C13H16F3N5/c1-12(2)6-5-8(7-12)17-9-3-4-10-18-19-11(13(14,15)16)21(10)20-9/h3-4,8H,5-7H2,1-2H3,(H,17,20). The monoisotopic (exact) mass is 299 g/mol. The molecule has 0 spiro atoms. The van der Waals surface area contributed by atoms with Crippen molar-refractivity contribution in [1.29, 1.82) is 0 Å². The first-order chi connectivity index (χ1) is 9.74. The van der Waals surface area contributed by atoms with E-state index in [2.05, 4.69) is 34.5 Å². The first kappa shape index (κ1) is 14.1. The van der Waals surface area contributed by atoms with Crippen LogP contribution in [0.3, 0.4) is 0 Å². The normalized spacial score (nSPS) is 21.9. The Morgan fingerprint density at radius 3 is 2.67 bits per heavy atom. The molecule has 1 fully saturated rings. The summed E-state index contributed by atoms with van der Waals surface area (Å²) < 4.78 is 39.2. The Bertz CT molecular complexity index is 661. The summed E-state index contributed by atoms with van der Waals surface area (Å²) in [7, 11) is 0. The molecule has 114 valence electrons. The van der Waals surface area contributed by atoms with Crippen LogP contribution in [-0.4, -0.2) is 25.9 Å². The highest BCUT2D eigenvalue weighted by molar-refractivity contribution is 5.44. The van der Waals surface area contributed by atoms with E-state index in [1.54, 1.807) is 6.07 Å². The number of aromatic nitrogens is 4. The van der Waals surface area contributed by atoms with Crippen molar-refractivity contribution in [1.82, 2.24) is 19.8 Å². The molecule has 1 N–H and O–H groups in total. The van der Waals surface area contributed by atoms with Gasteiger partial charge in [0, 0.05) is 6.04 Å². The Hall–Kier alpha value is -1.86. The fourth-order valence-electron chi connectivity index (χ4n) is 2.81. The number of halogens is 3. The van der Waals surface area contributed by atoms with Crippen LogP contribution in [-0.2, 0) is 6.18 Å². The third-order valence-electron chi connectivity index (χ3n) is 3.84. The first-order valence-electron chi connectivity index (χ1n) is 6.81. The number of hydrogen-bond acceptors (Lipinski definition) is 4. The minimum absolute atomic E-state index is 0.0830. The third kappa shape index (κ3) is 2.79.